The van der Waals surface area contributed by atoms with Crippen LogP contribution in [0.2, 0.25) is 0 Å². The smallest absolute Gasteiger partial charge is 0.261 e. The zero-order chi connectivity index (χ0) is 22.7. The molecule has 0 saturated heterocycles. The molecule has 0 aliphatic carbocycles. The van der Waals surface area contributed by atoms with Crippen LogP contribution in [0.3, 0.4) is 0 Å². The van der Waals surface area contributed by atoms with Gasteiger partial charge in [-0.05, 0) is 61.0 Å². The molecule has 1 heterocycles. The van der Waals surface area contributed by atoms with E-state index in [-0.39, 0.29) is 4.90 Å². The van der Waals surface area contributed by atoms with Gasteiger partial charge in [-0.15, -0.1) is 5.10 Å². The van der Waals surface area contributed by atoms with Crippen molar-refractivity contribution >= 4 is 43.0 Å². The number of benzene rings is 3. The van der Waals surface area contributed by atoms with Crippen LogP contribution in [-0.4, -0.2) is 25.8 Å². The Morgan fingerprint density at radius 3 is 2.34 bits per heavy atom. The number of aromatic nitrogens is 1. The van der Waals surface area contributed by atoms with Crippen molar-refractivity contribution in [1.29, 1.82) is 0 Å². The number of sulfonamides is 1. The van der Waals surface area contributed by atoms with Gasteiger partial charge in [0.05, 0.1) is 27.9 Å². The summed E-state index contributed by atoms with van der Waals surface area (Å²) in [7, 11) is -0.193. The Kier molecular flexibility index (Phi) is 6.11. The van der Waals surface area contributed by atoms with Crippen molar-refractivity contribution in [2.24, 2.45) is 17.3 Å². The first kappa shape index (κ1) is 21.8. The number of methoxy groups -OCH3 is 1. The Balaban J connectivity index is 1.54. The predicted molar refractivity (Wildman–Crippen MR) is 129 cm³/mol. The Morgan fingerprint density at radius 1 is 1.00 bits per heavy atom. The third-order valence-electron chi connectivity index (χ3n) is 4.92. The van der Waals surface area contributed by atoms with Crippen molar-refractivity contribution in [3.8, 4) is 5.75 Å². The molecule has 4 rings (SSSR count). The molecule has 1 N–H and O–H groups in total. The van der Waals surface area contributed by atoms with Gasteiger partial charge in [0.2, 0.25) is 4.80 Å². The van der Waals surface area contributed by atoms with Crippen molar-refractivity contribution in [3.05, 3.63) is 83.2 Å². The first-order valence-electron chi connectivity index (χ1n) is 9.77. The van der Waals surface area contributed by atoms with Crippen LogP contribution < -0.4 is 14.3 Å². The van der Waals surface area contributed by atoms with Gasteiger partial charge in [0.1, 0.15) is 5.75 Å². The van der Waals surface area contributed by atoms with E-state index in [0.29, 0.717) is 17.1 Å². The molecule has 0 bridgehead atoms. The van der Waals surface area contributed by atoms with E-state index in [4.69, 9.17) is 4.74 Å². The number of nitrogens with zero attached hydrogens (tertiary/aromatic N) is 3. The number of hydrogen-bond acceptors (Lipinski definition) is 6. The molecule has 9 heteroatoms. The average molecular weight is 467 g/mol. The quantitative estimate of drug-likeness (QED) is 0.338. The second-order valence-electron chi connectivity index (χ2n) is 7.06. The van der Waals surface area contributed by atoms with E-state index >= 15 is 0 Å². The molecule has 164 valence electrons. The molecule has 0 amide bonds. The highest BCUT2D eigenvalue weighted by molar-refractivity contribution is 7.92. The van der Waals surface area contributed by atoms with Gasteiger partial charge >= 0.3 is 0 Å². The molecular formula is C23H22N4O3S2. The maximum Gasteiger partial charge on any atom is 0.261 e. The molecule has 0 spiro atoms. The van der Waals surface area contributed by atoms with Gasteiger partial charge in [-0.3, -0.25) is 4.72 Å². The van der Waals surface area contributed by atoms with Gasteiger partial charge in [-0.25, -0.2) is 8.42 Å². The maximum atomic E-state index is 12.7. The van der Waals surface area contributed by atoms with Gasteiger partial charge in [-0.1, -0.05) is 35.6 Å². The largest absolute Gasteiger partial charge is 0.497 e. The zero-order valence-electron chi connectivity index (χ0n) is 17.8. The van der Waals surface area contributed by atoms with Gasteiger partial charge in [0, 0.05) is 12.7 Å². The minimum Gasteiger partial charge on any atom is -0.497 e. The van der Waals surface area contributed by atoms with Gasteiger partial charge in [0.25, 0.3) is 10.0 Å². The third-order valence-corrected chi connectivity index (χ3v) is 7.43. The number of rotatable bonds is 6. The summed E-state index contributed by atoms with van der Waals surface area (Å²) in [6.45, 7) is 1.84. The second-order valence-corrected chi connectivity index (χ2v) is 9.75. The first-order valence-corrected chi connectivity index (χ1v) is 12.1. The fourth-order valence-electron chi connectivity index (χ4n) is 3.10. The molecule has 0 atom stereocenters. The molecule has 0 fully saturated rings. The Bertz CT molecular complexity index is 1450. The highest BCUT2D eigenvalue weighted by Crippen LogP contribution is 2.20. The first-order chi connectivity index (χ1) is 15.4. The SMILES string of the molecule is COc1ccc(NS(=O)(=O)c2ccc(/C(C)=N/N=c3/sc4ccccc4n3C)cc2)cc1. The number of para-hydroxylation sites is 1. The highest BCUT2D eigenvalue weighted by Gasteiger charge is 2.14. The van der Waals surface area contributed by atoms with E-state index in [1.807, 2.05) is 36.7 Å². The molecule has 0 aliphatic heterocycles. The lowest BCUT2D eigenvalue weighted by molar-refractivity contribution is 0.415. The molecule has 3 aromatic carbocycles. The summed E-state index contributed by atoms with van der Waals surface area (Å²) in [5.74, 6) is 0.654. The van der Waals surface area contributed by atoms with Crippen LogP contribution in [0.5, 0.6) is 5.75 Å². The summed E-state index contributed by atoms with van der Waals surface area (Å²) in [5, 5.41) is 8.74. The van der Waals surface area contributed by atoms with Crippen LogP contribution in [0, 0.1) is 0 Å². The van der Waals surface area contributed by atoms with Crippen molar-refractivity contribution in [1.82, 2.24) is 4.57 Å². The minimum atomic E-state index is -3.71. The number of hydrogen-bond donors (Lipinski definition) is 1. The average Bonchev–Trinajstić information content (AvgIpc) is 3.13. The number of aryl methyl sites for hydroxylation is 1. The number of fused-ring (bicyclic) bond motifs is 1. The highest BCUT2D eigenvalue weighted by atomic mass is 32.2. The van der Waals surface area contributed by atoms with Crippen molar-refractivity contribution in [3.63, 3.8) is 0 Å². The molecule has 32 heavy (non-hydrogen) atoms. The molecule has 1 aromatic heterocycles. The van der Waals surface area contributed by atoms with E-state index in [0.717, 1.165) is 20.6 Å². The minimum absolute atomic E-state index is 0.165. The molecule has 0 saturated carbocycles. The fourth-order valence-corrected chi connectivity index (χ4v) is 5.13. The summed E-state index contributed by atoms with van der Waals surface area (Å²) in [6, 6.07) is 21.3. The normalized spacial score (nSPS) is 12.8. The summed E-state index contributed by atoms with van der Waals surface area (Å²) in [4.78, 5) is 0.950. The number of anilines is 1. The number of thiazole rings is 1. The summed E-state index contributed by atoms with van der Waals surface area (Å²) in [5.41, 5.74) is 3.04. The third kappa shape index (κ3) is 4.58. The lowest BCUT2D eigenvalue weighted by atomic mass is 10.1. The summed E-state index contributed by atoms with van der Waals surface area (Å²) >= 11 is 1.56. The van der Waals surface area contributed by atoms with Crippen LogP contribution in [0.1, 0.15) is 12.5 Å². The lowest BCUT2D eigenvalue weighted by Gasteiger charge is -2.09. The van der Waals surface area contributed by atoms with E-state index in [2.05, 4.69) is 21.0 Å². The van der Waals surface area contributed by atoms with Crippen LogP contribution in [0.4, 0.5) is 5.69 Å². The Morgan fingerprint density at radius 2 is 1.69 bits per heavy atom. The summed E-state index contributed by atoms with van der Waals surface area (Å²) in [6.07, 6.45) is 0. The predicted octanol–water partition coefficient (Wildman–Crippen LogP) is 4.37. The monoisotopic (exact) mass is 466 g/mol. The van der Waals surface area contributed by atoms with Crippen LogP contribution in [0.25, 0.3) is 10.2 Å². The van der Waals surface area contributed by atoms with Gasteiger partial charge < -0.3 is 9.30 Å². The number of ether oxygens (including phenoxy) is 1. The van der Waals surface area contributed by atoms with Crippen LogP contribution in [-0.2, 0) is 17.1 Å². The fraction of sp³-hybridized carbons (Fsp3) is 0.130. The molecule has 0 unspecified atom stereocenters. The van der Waals surface area contributed by atoms with Crippen molar-refractivity contribution in [2.45, 2.75) is 11.8 Å². The van der Waals surface area contributed by atoms with Crippen molar-refractivity contribution in [2.75, 3.05) is 11.8 Å². The zero-order valence-corrected chi connectivity index (χ0v) is 19.4. The van der Waals surface area contributed by atoms with E-state index in [9.17, 15) is 8.42 Å². The number of nitrogens with one attached hydrogen (secondary N) is 1. The molecule has 0 aliphatic rings. The van der Waals surface area contributed by atoms with E-state index in [1.54, 1.807) is 67.0 Å². The van der Waals surface area contributed by atoms with Gasteiger partial charge in [-0.2, -0.15) is 5.10 Å². The van der Waals surface area contributed by atoms with Gasteiger partial charge in [0.15, 0.2) is 0 Å². The standard InChI is InChI=1S/C23H22N4O3S2/c1-16(24-25-23-27(2)21-6-4-5-7-22(21)31-23)17-8-14-20(15-9-17)32(28,29)26-18-10-12-19(30-3)13-11-18/h4-15,26H,1-3H3/b24-16+,25-23+. The Hall–Kier alpha value is -3.43. The topological polar surface area (TPSA) is 85.0 Å². The summed E-state index contributed by atoms with van der Waals surface area (Å²) < 4.78 is 36.2. The molecule has 0 radical (unpaired) electrons. The van der Waals surface area contributed by atoms with Crippen LogP contribution >= 0.6 is 11.3 Å². The van der Waals surface area contributed by atoms with Crippen molar-refractivity contribution < 1.29 is 13.2 Å². The second kappa shape index (κ2) is 8.97. The lowest BCUT2D eigenvalue weighted by Crippen LogP contribution is -2.13. The molecular weight excluding hydrogens is 444 g/mol. The maximum absolute atomic E-state index is 12.7. The van der Waals surface area contributed by atoms with E-state index < -0.39 is 10.0 Å². The Labute approximate surface area is 190 Å². The molecule has 7 nitrogen and oxygen atoms in total. The molecule has 4 aromatic rings. The van der Waals surface area contributed by atoms with Crippen LogP contribution in [0.15, 0.2) is 87.9 Å². The van der Waals surface area contributed by atoms with E-state index in [1.165, 1.54) is 0 Å².